The molecule has 0 bridgehead atoms. The molecule has 1 aliphatic rings. The predicted molar refractivity (Wildman–Crippen MR) is 98.0 cm³/mol. The van der Waals surface area contributed by atoms with Crippen molar-refractivity contribution in [2.45, 2.75) is 39.7 Å². The Kier molecular flexibility index (Phi) is 6.83. The van der Waals surface area contributed by atoms with Gasteiger partial charge in [0.2, 0.25) is 10.0 Å². The number of hydrogen-bond donors (Lipinski definition) is 2. The van der Waals surface area contributed by atoms with Crippen molar-refractivity contribution >= 4 is 16.0 Å². The van der Waals surface area contributed by atoms with Crippen molar-refractivity contribution in [2.75, 3.05) is 32.9 Å². The van der Waals surface area contributed by atoms with Gasteiger partial charge in [-0.15, -0.1) is 0 Å². The number of sulfonamides is 1. The van der Waals surface area contributed by atoms with Gasteiger partial charge in [0.1, 0.15) is 5.76 Å². The number of aliphatic imine (C=N–C) groups is 1. The van der Waals surface area contributed by atoms with E-state index in [9.17, 15) is 8.42 Å². The van der Waals surface area contributed by atoms with Crippen LogP contribution in [-0.2, 0) is 29.4 Å². The largest absolute Gasteiger partial charge is 0.361 e. The van der Waals surface area contributed by atoms with Gasteiger partial charge in [0, 0.05) is 45.2 Å². The summed E-state index contributed by atoms with van der Waals surface area (Å²) in [6.45, 7) is 6.56. The number of aromatic nitrogens is 1. The third-order valence-electron chi connectivity index (χ3n) is 4.54. The maximum atomic E-state index is 11.6. The third kappa shape index (κ3) is 5.18. The summed E-state index contributed by atoms with van der Waals surface area (Å²) < 4.78 is 30.1. The van der Waals surface area contributed by atoms with Crippen LogP contribution in [0.4, 0.5) is 0 Å². The average molecular weight is 372 g/mol. The smallest absolute Gasteiger partial charge is 0.211 e. The molecule has 0 spiro atoms. The lowest BCUT2D eigenvalue weighted by Crippen LogP contribution is -2.40. The lowest BCUT2D eigenvalue weighted by molar-refractivity contribution is 0.380. The van der Waals surface area contributed by atoms with E-state index >= 15 is 0 Å². The molecule has 1 aromatic heterocycles. The number of rotatable bonds is 7. The monoisotopic (exact) mass is 371 g/mol. The molecule has 1 fully saturated rings. The standard InChI is InChI=1S/C16H29N5O3S/c1-5-14-13(15(6-2)24-20-14)10-19-16(17-3)18-9-12-7-8-21(11-12)25(4,22)23/h12H,5-11H2,1-4H3,(H2,17,18,19). The highest BCUT2D eigenvalue weighted by atomic mass is 32.2. The summed E-state index contributed by atoms with van der Waals surface area (Å²) in [7, 11) is -1.37. The zero-order valence-electron chi connectivity index (χ0n) is 15.5. The van der Waals surface area contributed by atoms with Crippen molar-refractivity contribution in [3.8, 4) is 0 Å². The fourth-order valence-electron chi connectivity index (χ4n) is 3.04. The Morgan fingerprint density at radius 2 is 2.12 bits per heavy atom. The molecule has 25 heavy (non-hydrogen) atoms. The number of guanidine groups is 1. The van der Waals surface area contributed by atoms with Crippen LogP contribution in [0.1, 0.15) is 37.3 Å². The molecule has 1 atom stereocenters. The molecule has 142 valence electrons. The highest BCUT2D eigenvalue weighted by Crippen LogP contribution is 2.18. The van der Waals surface area contributed by atoms with Crippen LogP contribution in [0.15, 0.2) is 9.52 Å². The Bertz CT molecular complexity index is 677. The first kappa shape index (κ1) is 19.7. The highest BCUT2D eigenvalue weighted by molar-refractivity contribution is 7.88. The van der Waals surface area contributed by atoms with E-state index in [1.165, 1.54) is 10.6 Å². The first-order chi connectivity index (χ1) is 11.9. The topological polar surface area (TPSA) is 99.8 Å². The van der Waals surface area contributed by atoms with Crippen molar-refractivity contribution in [2.24, 2.45) is 10.9 Å². The van der Waals surface area contributed by atoms with E-state index in [-0.39, 0.29) is 0 Å². The Morgan fingerprint density at radius 3 is 2.68 bits per heavy atom. The average Bonchev–Trinajstić information content (AvgIpc) is 3.20. The fraction of sp³-hybridized carbons (Fsp3) is 0.750. The zero-order chi connectivity index (χ0) is 18.4. The van der Waals surface area contributed by atoms with E-state index in [0.29, 0.717) is 38.1 Å². The van der Waals surface area contributed by atoms with Crippen molar-refractivity contribution in [3.63, 3.8) is 0 Å². The Balaban J connectivity index is 1.85. The van der Waals surface area contributed by atoms with Gasteiger partial charge in [0.15, 0.2) is 5.96 Å². The van der Waals surface area contributed by atoms with Crippen molar-refractivity contribution < 1.29 is 12.9 Å². The summed E-state index contributed by atoms with van der Waals surface area (Å²) >= 11 is 0. The van der Waals surface area contributed by atoms with Crippen molar-refractivity contribution in [1.29, 1.82) is 0 Å². The van der Waals surface area contributed by atoms with Crippen molar-refractivity contribution in [1.82, 2.24) is 20.1 Å². The molecule has 0 aliphatic carbocycles. The van der Waals surface area contributed by atoms with E-state index in [1.807, 2.05) is 6.92 Å². The number of aryl methyl sites for hydroxylation is 2. The molecule has 0 radical (unpaired) electrons. The lowest BCUT2D eigenvalue weighted by atomic mass is 10.1. The quantitative estimate of drug-likeness (QED) is 0.542. The number of hydrogen-bond acceptors (Lipinski definition) is 5. The molecule has 9 heteroatoms. The third-order valence-corrected chi connectivity index (χ3v) is 5.81. The van der Waals surface area contributed by atoms with Crippen LogP contribution in [0.3, 0.4) is 0 Å². The zero-order valence-corrected chi connectivity index (χ0v) is 16.3. The molecule has 2 rings (SSSR count). The molecule has 0 amide bonds. The summed E-state index contributed by atoms with van der Waals surface area (Å²) in [6.07, 6.45) is 3.76. The fourth-order valence-corrected chi connectivity index (χ4v) is 3.96. The molecular weight excluding hydrogens is 342 g/mol. The van der Waals surface area contributed by atoms with Crippen LogP contribution in [-0.4, -0.2) is 56.8 Å². The minimum Gasteiger partial charge on any atom is -0.361 e. The van der Waals surface area contributed by atoms with Gasteiger partial charge in [-0.1, -0.05) is 19.0 Å². The summed E-state index contributed by atoms with van der Waals surface area (Å²) in [4.78, 5) is 4.24. The van der Waals surface area contributed by atoms with E-state index < -0.39 is 10.0 Å². The molecule has 0 saturated carbocycles. The van der Waals surface area contributed by atoms with Gasteiger partial charge in [0.05, 0.1) is 11.9 Å². The summed E-state index contributed by atoms with van der Waals surface area (Å²) in [5.74, 6) is 1.89. The Morgan fingerprint density at radius 1 is 1.36 bits per heavy atom. The van der Waals surface area contributed by atoms with E-state index in [2.05, 4.69) is 27.7 Å². The Hall–Kier alpha value is -1.61. The molecule has 8 nitrogen and oxygen atoms in total. The van der Waals surface area contributed by atoms with Gasteiger partial charge >= 0.3 is 0 Å². The second-order valence-electron chi connectivity index (χ2n) is 6.32. The van der Waals surface area contributed by atoms with Gasteiger partial charge in [-0.25, -0.2) is 12.7 Å². The molecule has 1 aromatic rings. The van der Waals surface area contributed by atoms with E-state index in [4.69, 9.17) is 4.52 Å². The lowest BCUT2D eigenvalue weighted by Gasteiger charge is -2.16. The second kappa shape index (κ2) is 8.66. The highest BCUT2D eigenvalue weighted by Gasteiger charge is 2.28. The van der Waals surface area contributed by atoms with E-state index in [0.717, 1.165) is 36.3 Å². The van der Waals surface area contributed by atoms with Gasteiger partial charge in [-0.05, 0) is 18.8 Å². The first-order valence-electron chi connectivity index (χ1n) is 8.74. The second-order valence-corrected chi connectivity index (χ2v) is 8.30. The van der Waals surface area contributed by atoms with Gasteiger partial charge in [-0.3, -0.25) is 4.99 Å². The van der Waals surface area contributed by atoms with Crippen LogP contribution < -0.4 is 10.6 Å². The minimum atomic E-state index is -3.09. The molecule has 0 aromatic carbocycles. The molecule has 2 N–H and O–H groups in total. The molecule has 1 aliphatic heterocycles. The SMILES string of the molecule is CCc1noc(CC)c1CNC(=NC)NCC1CCN(S(C)(=O)=O)C1. The molecule has 2 heterocycles. The van der Waals surface area contributed by atoms with Crippen molar-refractivity contribution in [3.05, 3.63) is 17.0 Å². The number of nitrogens with one attached hydrogen (secondary N) is 2. The van der Waals surface area contributed by atoms with E-state index in [1.54, 1.807) is 7.05 Å². The normalized spacial score (nSPS) is 19.4. The van der Waals surface area contributed by atoms with Gasteiger partial charge in [-0.2, -0.15) is 0 Å². The predicted octanol–water partition coefficient (Wildman–Crippen LogP) is 0.746. The van der Waals surface area contributed by atoms with Gasteiger partial charge in [0.25, 0.3) is 0 Å². The number of nitrogens with zero attached hydrogens (tertiary/aromatic N) is 3. The summed E-state index contributed by atoms with van der Waals surface area (Å²) in [6, 6.07) is 0. The van der Waals surface area contributed by atoms with Crippen LogP contribution in [0.2, 0.25) is 0 Å². The first-order valence-corrected chi connectivity index (χ1v) is 10.6. The maximum Gasteiger partial charge on any atom is 0.211 e. The Labute approximate surface area is 150 Å². The maximum absolute atomic E-state index is 11.6. The van der Waals surface area contributed by atoms with Crippen LogP contribution in [0.5, 0.6) is 0 Å². The summed E-state index contributed by atoms with van der Waals surface area (Å²) in [5, 5.41) is 10.7. The van der Waals surface area contributed by atoms with Gasteiger partial charge < -0.3 is 15.2 Å². The summed E-state index contributed by atoms with van der Waals surface area (Å²) in [5.41, 5.74) is 2.07. The minimum absolute atomic E-state index is 0.293. The molecular formula is C16H29N5O3S. The molecule has 1 saturated heterocycles. The molecule has 1 unspecified atom stereocenters. The van der Waals surface area contributed by atoms with Crippen LogP contribution in [0, 0.1) is 5.92 Å². The van der Waals surface area contributed by atoms with Crippen LogP contribution >= 0.6 is 0 Å². The van der Waals surface area contributed by atoms with Crippen LogP contribution in [0.25, 0.3) is 0 Å².